The van der Waals surface area contributed by atoms with Crippen LogP contribution in [0.1, 0.15) is 0 Å². The van der Waals surface area contributed by atoms with Gasteiger partial charge in [-0.1, -0.05) is 11.6 Å². The molecule has 0 aliphatic carbocycles. The summed E-state index contributed by atoms with van der Waals surface area (Å²) < 4.78 is 29.7. The molecule has 14 heavy (non-hydrogen) atoms. The van der Waals surface area contributed by atoms with Crippen molar-refractivity contribution in [1.82, 2.24) is 0 Å². The zero-order chi connectivity index (χ0) is 10.7. The Morgan fingerprint density at radius 1 is 1.43 bits per heavy atom. The van der Waals surface area contributed by atoms with E-state index in [4.69, 9.17) is 16.7 Å². The van der Waals surface area contributed by atoms with Gasteiger partial charge in [-0.2, -0.15) is 0 Å². The molecule has 0 spiro atoms. The Balaban J connectivity index is 2.87. The van der Waals surface area contributed by atoms with Crippen molar-refractivity contribution in [2.45, 2.75) is 0 Å². The molecule has 0 unspecified atom stereocenters. The third-order valence-corrected chi connectivity index (χ3v) is 1.62. The number of hydrogen-bond acceptors (Lipinski definition) is 2. The minimum Gasteiger partial charge on any atom is -0.480 e. The number of rotatable bonds is 3. The Bertz CT molecular complexity index is 368. The van der Waals surface area contributed by atoms with Crippen molar-refractivity contribution in [3.05, 3.63) is 28.8 Å². The van der Waals surface area contributed by atoms with E-state index in [0.29, 0.717) is 12.1 Å². The molecule has 0 heterocycles. The first-order valence-corrected chi connectivity index (χ1v) is 3.87. The number of benzene rings is 1. The predicted octanol–water partition coefficient (Wildman–Crippen LogP) is 2.08. The van der Waals surface area contributed by atoms with Gasteiger partial charge in [-0.15, -0.1) is 0 Å². The van der Waals surface area contributed by atoms with Crippen molar-refractivity contribution >= 4 is 17.6 Å². The van der Waals surface area contributed by atoms with Gasteiger partial charge < -0.3 is 9.84 Å². The van der Waals surface area contributed by atoms with E-state index in [0.717, 1.165) is 0 Å². The number of ether oxygens (including phenoxy) is 1. The molecule has 6 heteroatoms. The molecule has 0 fully saturated rings. The topological polar surface area (TPSA) is 46.5 Å². The fourth-order valence-corrected chi connectivity index (χ4v) is 0.959. The summed E-state index contributed by atoms with van der Waals surface area (Å²) >= 11 is 5.46. The number of carboxylic acid groups (broad SMARTS) is 1. The quantitative estimate of drug-likeness (QED) is 0.797. The number of hydrogen-bond donors (Lipinski definition) is 1. The van der Waals surface area contributed by atoms with Crippen molar-refractivity contribution < 1.29 is 23.4 Å². The second-order valence-corrected chi connectivity index (χ2v) is 2.79. The van der Waals surface area contributed by atoms with Crippen LogP contribution in [0.5, 0.6) is 5.75 Å². The first-order valence-electron chi connectivity index (χ1n) is 3.50. The second kappa shape index (κ2) is 4.23. The van der Waals surface area contributed by atoms with E-state index in [2.05, 4.69) is 4.74 Å². The molecule has 76 valence electrons. The van der Waals surface area contributed by atoms with E-state index in [1.54, 1.807) is 0 Å². The Labute approximate surface area is 82.9 Å². The zero-order valence-corrected chi connectivity index (χ0v) is 7.52. The smallest absolute Gasteiger partial charge is 0.341 e. The molecule has 0 aliphatic heterocycles. The number of aliphatic carboxylic acids is 1. The van der Waals surface area contributed by atoms with Crippen LogP contribution in [-0.4, -0.2) is 17.7 Å². The maximum absolute atomic E-state index is 12.6. The third-order valence-electron chi connectivity index (χ3n) is 1.33. The number of halogens is 3. The highest BCUT2D eigenvalue weighted by atomic mass is 35.5. The van der Waals surface area contributed by atoms with E-state index in [9.17, 15) is 13.6 Å². The number of carboxylic acids is 1. The molecule has 0 saturated carbocycles. The van der Waals surface area contributed by atoms with Crippen LogP contribution in [0.4, 0.5) is 8.78 Å². The summed E-state index contributed by atoms with van der Waals surface area (Å²) in [6.07, 6.45) is 0. The maximum Gasteiger partial charge on any atom is 0.341 e. The maximum atomic E-state index is 12.6. The molecule has 3 nitrogen and oxygen atoms in total. The van der Waals surface area contributed by atoms with Gasteiger partial charge in [0.25, 0.3) is 0 Å². The molecule has 1 aromatic rings. The lowest BCUT2D eigenvalue weighted by Crippen LogP contribution is -2.09. The van der Waals surface area contributed by atoms with Crippen LogP contribution >= 0.6 is 11.6 Å². The van der Waals surface area contributed by atoms with Crippen molar-refractivity contribution in [1.29, 1.82) is 0 Å². The highest BCUT2D eigenvalue weighted by Crippen LogP contribution is 2.26. The summed E-state index contributed by atoms with van der Waals surface area (Å²) in [5.74, 6) is -3.69. The van der Waals surface area contributed by atoms with Crippen molar-refractivity contribution in [3.63, 3.8) is 0 Å². The molecule has 1 rings (SSSR count). The highest BCUT2D eigenvalue weighted by molar-refractivity contribution is 6.32. The van der Waals surface area contributed by atoms with E-state index in [-0.39, 0.29) is 10.8 Å². The van der Waals surface area contributed by atoms with E-state index >= 15 is 0 Å². The van der Waals surface area contributed by atoms with Crippen LogP contribution in [0.25, 0.3) is 0 Å². The Kier molecular flexibility index (Phi) is 3.24. The summed E-state index contributed by atoms with van der Waals surface area (Å²) in [7, 11) is 0. The second-order valence-electron chi connectivity index (χ2n) is 2.38. The lowest BCUT2D eigenvalue weighted by Gasteiger charge is -2.05. The molecule has 0 aromatic heterocycles. The van der Waals surface area contributed by atoms with Crippen molar-refractivity contribution in [3.8, 4) is 5.75 Å². The van der Waals surface area contributed by atoms with Crippen LogP contribution in [0.3, 0.4) is 0 Å². The average Bonchev–Trinajstić information content (AvgIpc) is 2.09. The normalized spacial score (nSPS) is 9.93. The minimum atomic E-state index is -1.23. The van der Waals surface area contributed by atoms with Crippen LogP contribution in [-0.2, 0) is 4.79 Å². The van der Waals surface area contributed by atoms with Gasteiger partial charge in [0, 0.05) is 6.07 Å². The fraction of sp³-hybridized carbons (Fsp3) is 0.125. The first kappa shape index (κ1) is 10.7. The van der Waals surface area contributed by atoms with Crippen molar-refractivity contribution in [2.75, 3.05) is 6.61 Å². The average molecular weight is 223 g/mol. The Morgan fingerprint density at radius 2 is 2.00 bits per heavy atom. The van der Waals surface area contributed by atoms with Gasteiger partial charge in [0.15, 0.2) is 18.2 Å². The van der Waals surface area contributed by atoms with Crippen LogP contribution in [0.2, 0.25) is 5.02 Å². The largest absolute Gasteiger partial charge is 0.480 e. The number of carbonyl (C=O) groups is 1. The van der Waals surface area contributed by atoms with Gasteiger partial charge >= 0.3 is 5.97 Å². The predicted molar refractivity (Wildman–Crippen MR) is 44.5 cm³/mol. The van der Waals surface area contributed by atoms with Gasteiger partial charge in [-0.05, 0) is 6.07 Å². The molecule has 0 saturated heterocycles. The summed E-state index contributed by atoms with van der Waals surface area (Å²) in [5, 5.41) is 8.08. The molecular weight excluding hydrogens is 218 g/mol. The SMILES string of the molecule is O=C(O)COc1cc(F)c(F)cc1Cl. The minimum absolute atomic E-state index is 0.176. The van der Waals surface area contributed by atoms with Gasteiger partial charge in [-0.3, -0.25) is 0 Å². The molecular formula is C8H5ClF2O3. The van der Waals surface area contributed by atoms with Gasteiger partial charge in [0.2, 0.25) is 0 Å². The van der Waals surface area contributed by atoms with E-state index in [1.807, 2.05) is 0 Å². The molecule has 1 N–H and O–H groups in total. The van der Waals surface area contributed by atoms with Gasteiger partial charge in [0.1, 0.15) is 5.75 Å². The van der Waals surface area contributed by atoms with Crippen LogP contribution in [0.15, 0.2) is 12.1 Å². The summed E-state index contributed by atoms with van der Waals surface area (Å²) in [6, 6.07) is 1.41. The fourth-order valence-electron chi connectivity index (χ4n) is 0.754. The molecule has 0 bridgehead atoms. The Morgan fingerprint density at radius 3 is 2.57 bits per heavy atom. The molecule has 1 aromatic carbocycles. The van der Waals surface area contributed by atoms with Crippen molar-refractivity contribution in [2.24, 2.45) is 0 Å². The highest BCUT2D eigenvalue weighted by Gasteiger charge is 2.10. The van der Waals surface area contributed by atoms with Gasteiger partial charge in [0.05, 0.1) is 5.02 Å². The van der Waals surface area contributed by atoms with Crippen LogP contribution in [0, 0.1) is 11.6 Å². The first-order chi connectivity index (χ1) is 6.50. The summed E-state index contributed by atoms with van der Waals surface area (Å²) in [5.41, 5.74) is 0. The lowest BCUT2D eigenvalue weighted by molar-refractivity contribution is -0.139. The van der Waals surface area contributed by atoms with E-state index in [1.165, 1.54) is 0 Å². The van der Waals surface area contributed by atoms with Gasteiger partial charge in [-0.25, -0.2) is 13.6 Å². The van der Waals surface area contributed by atoms with E-state index < -0.39 is 24.2 Å². The standard InChI is InChI=1S/C8H5ClF2O3/c9-4-1-5(10)6(11)2-7(4)14-3-8(12)13/h1-2H,3H2,(H,12,13). The summed E-state index contributed by atoms with van der Waals surface area (Å²) in [6.45, 7) is -0.662. The summed E-state index contributed by atoms with van der Waals surface area (Å²) in [4.78, 5) is 10.1. The molecule has 0 radical (unpaired) electrons. The molecule has 0 atom stereocenters. The van der Waals surface area contributed by atoms with Crippen LogP contribution < -0.4 is 4.74 Å². The molecule has 0 aliphatic rings. The molecule has 0 amide bonds. The lowest BCUT2D eigenvalue weighted by atomic mass is 10.3. The Hall–Kier alpha value is -1.36. The monoisotopic (exact) mass is 222 g/mol. The zero-order valence-electron chi connectivity index (χ0n) is 6.76. The third kappa shape index (κ3) is 2.56.